The van der Waals surface area contributed by atoms with Gasteiger partial charge in [0.2, 0.25) is 0 Å². The van der Waals surface area contributed by atoms with E-state index in [1.165, 1.54) is 6.20 Å². The molecule has 5 nitrogen and oxygen atoms in total. The minimum atomic E-state index is -4.58. The first-order valence-electron chi connectivity index (χ1n) is 7.51. The van der Waals surface area contributed by atoms with Crippen LogP contribution in [0.25, 0.3) is 0 Å². The van der Waals surface area contributed by atoms with Gasteiger partial charge in [0, 0.05) is 18.8 Å². The predicted octanol–water partition coefficient (Wildman–Crippen LogP) is 3.82. The van der Waals surface area contributed by atoms with Gasteiger partial charge in [0.25, 0.3) is 10.0 Å². The fourth-order valence-corrected chi connectivity index (χ4v) is 3.66. The summed E-state index contributed by atoms with van der Waals surface area (Å²) in [5.74, 6) is 0. The Balaban J connectivity index is 1.82. The van der Waals surface area contributed by atoms with E-state index in [9.17, 15) is 21.6 Å². The molecule has 2 aromatic heterocycles. The van der Waals surface area contributed by atoms with Crippen molar-refractivity contribution in [3.63, 3.8) is 0 Å². The van der Waals surface area contributed by atoms with Crippen molar-refractivity contribution in [2.45, 2.75) is 17.5 Å². The van der Waals surface area contributed by atoms with Crippen LogP contribution in [0.5, 0.6) is 0 Å². The average Bonchev–Trinajstić information content (AvgIpc) is 3.04. The predicted molar refractivity (Wildman–Crippen MR) is 90.1 cm³/mol. The van der Waals surface area contributed by atoms with Crippen LogP contribution in [-0.2, 0) is 22.6 Å². The Hall–Kier alpha value is -2.81. The van der Waals surface area contributed by atoms with Gasteiger partial charge >= 0.3 is 6.18 Å². The Bertz CT molecular complexity index is 982. The molecule has 2 N–H and O–H groups in total. The van der Waals surface area contributed by atoms with E-state index in [0.29, 0.717) is 12.0 Å². The van der Waals surface area contributed by atoms with Crippen molar-refractivity contribution < 1.29 is 21.6 Å². The second kappa shape index (κ2) is 6.83. The largest absolute Gasteiger partial charge is 0.433 e. The van der Waals surface area contributed by atoms with Crippen LogP contribution in [0.15, 0.2) is 66.0 Å². The van der Waals surface area contributed by atoms with Crippen molar-refractivity contribution >= 4 is 15.7 Å². The molecular formula is C17H14F3N3O2S. The maximum absolute atomic E-state index is 12.6. The first-order valence-corrected chi connectivity index (χ1v) is 9.00. The molecule has 3 aromatic rings. The van der Waals surface area contributed by atoms with E-state index in [1.54, 1.807) is 6.20 Å². The summed E-state index contributed by atoms with van der Waals surface area (Å²) in [7, 11) is -3.97. The zero-order valence-electron chi connectivity index (χ0n) is 13.3. The maximum atomic E-state index is 12.6. The third-order valence-corrected chi connectivity index (χ3v) is 5.09. The van der Waals surface area contributed by atoms with Crippen molar-refractivity contribution in [1.82, 2.24) is 9.97 Å². The normalized spacial score (nSPS) is 12.1. The number of anilines is 1. The van der Waals surface area contributed by atoms with E-state index in [4.69, 9.17) is 0 Å². The number of aromatic amines is 1. The SMILES string of the molecule is O=S(=O)(Nc1ccc(C(F)(F)F)nc1)c1c[nH]cc1Cc1ccccc1. The molecule has 0 amide bonds. The molecule has 0 unspecified atom stereocenters. The number of nitrogens with zero attached hydrogens (tertiary/aromatic N) is 1. The molecule has 0 aliphatic heterocycles. The van der Waals surface area contributed by atoms with Crippen molar-refractivity contribution in [1.29, 1.82) is 0 Å². The number of aromatic nitrogens is 2. The van der Waals surface area contributed by atoms with Gasteiger partial charge in [-0.3, -0.25) is 4.72 Å². The maximum Gasteiger partial charge on any atom is 0.433 e. The highest BCUT2D eigenvalue weighted by Gasteiger charge is 2.32. The number of hydrogen-bond acceptors (Lipinski definition) is 3. The van der Waals surface area contributed by atoms with Crippen molar-refractivity contribution in [3.05, 3.63) is 77.9 Å². The van der Waals surface area contributed by atoms with E-state index in [0.717, 1.165) is 23.9 Å². The number of nitrogens with one attached hydrogen (secondary N) is 2. The number of halogens is 3. The zero-order chi connectivity index (χ0) is 18.8. The molecular weight excluding hydrogens is 367 g/mol. The third-order valence-electron chi connectivity index (χ3n) is 3.62. The molecule has 136 valence electrons. The smallest absolute Gasteiger partial charge is 0.366 e. The Kier molecular flexibility index (Phi) is 4.73. The minimum absolute atomic E-state index is 0.0289. The van der Waals surface area contributed by atoms with Gasteiger partial charge in [0.05, 0.1) is 11.9 Å². The lowest BCUT2D eigenvalue weighted by Crippen LogP contribution is -2.15. The molecule has 0 spiro atoms. The summed E-state index contributed by atoms with van der Waals surface area (Å²) in [5.41, 5.74) is 0.333. The summed E-state index contributed by atoms with van der Waals surface area (Å²) in [6.45, 7) is 0. The molecule has 0 bridgehead atoms. The topological polar surface area (TPSA) is 74.8 Å². The van der Waals surface area contributed by atoms with Gasteiger partial charge in [-0.05, 0) is 23.3 Å². The quantitative estimate of drug-likeness (QED) is 0.706. The van der Waals surface area contributed by atoms with Crippen LogP contribution in [0.3, 0.4) is 0 Å². The molecule has 26 heavy (non-hydrogen) atoms. The monoisotopic (exact) mass is 381 g/mol. The molecule has 0 atom stereocenters. The highest BCUT2D eigenvalue weighted by molar-refractivity contribution is 7.92. The van der Waals surface area contributed by atoms with E-state index in [-0.39, 0.29) is 10.6 Å². The first-order chi connectivity index (χ1) is 12.3. The van der Waals surface area contributed by atoms with Crippen LogP contribution in [0, 0.1) is 0 Å². The summed E-state index contributed by atoms with van der Waals surface area (Å²) in [5, 5.41) is 0. The lowest BCUT2D eigenvalue weighted by molar-refractivity contribution is -0.141. The lowest BCUT2D eigenvalue weighted by atomic mass is 10.1. The summed E-state index contributed by atoms with van der Waals surface area (Å²) in [4.78, 5) is 6.03. The van der Waals surface area contributed by atoms with Gasteiger partial charge < -0.3 is 4.98 Å². The highest BCUT2D eigenvalue weighted by atomic mass is 32.2. The molecule has 0 aliphatic carbocycles. The molecule has 0 aliphatic rings. The molecule has 3 rings (SSSR count). The second-order valence-corrected chi connectivity index (χ2v) is 7.19. The zero-order valence-corrected chi connectivity index (χ0v) is 14.1. The van der Waals surface area contributed by atoms with Crippen LogP contribution in [0.2, 0.25) is 0 Å². The van der Waals surface area contributed by atoms with Crippen LogP contribution in [-0.4, -0.2) is 18.4 Å². The summed E-state index contributed by atoms with van der Waals surface area (Å²) in [6.07, 6.45) is -0.443. The number of benzene rings is 1. The van der Waals surface area contributed by atoms with Gasteiger partial charge in [-0.2, -0.15) is 13.2 Å². The molecule has 0 fully saturated rings. The minimum Gasteiger partial charge on any atom is -0.366 e. The second-order valence-electron chi connectivity index (χ2n) is 5.54. The summed E-state index contributed by atoms with van der Waals surface area (Å²) >= 11 is 0. The van der Waals surface area contributed by atoms with Gasteiger partial charge in [0.15, 0.2) is 0 Å². The Morgan fingerprint density at radius 2 is 1.77 bits per heavy atom. The number of alkyl halides is 3. The molecule has 2 heterocycles. The number of hydrogen-bond donors (Lipinski definition) is 2. The van der Waals surface area contributed by atoms with E-state index in [2.05, 4.69) is 14.7 Å². The average molecular weight is 381 g/mol. The first kappa shape index (κ1) is 18.0. The van der Waals surface area contributed by atoms with Crippen LogP contribution in [0.4, 0.5) is 18.9 Å². The van der Waals surface area contributed by atoms with Gasteiger partial charge in [0.1, 0.15) is 10.6 Å². The molecule has 0 saturated carbocycles. The lowest BCUT2D eigenvalue weighted by Gasteiger charge is -2.10. The fraction of sp³-hybridized carbons (Fsp3) is 0.118. The number of H-pyrrole nitrogens is 1. The number of sulfonamides is 1. The highest BCUT2D eigenvalue weighted by Crippen LogP contribution is 2.28. The Morgan fingerprint density at radius 3 is 2.38 bits per heavy atom. The third kappa shape index (κ3) is 4.05. The summed E-state index contributed by atoms with van der Waals surface area (Å²) in [6, 6.07) is 11.0. The Labute approximate surface area is 148 Å². The van der Waals surface area contributed by atoms with Gasteiger partial charge in [-0.1, -0.05) is 30.3 Å². The summed E-state index contributed by atoms with van der Waals surface area (Å²) < 4.78 is 65.0. The van der Waals surface area contributed by atoms with Gasteiger partial charge in [-0.25, -0.2) is 13.4 Å². The molecule has 0 saturated heterocycles. The number of rotatable bonds is 5. The van der Waals surface area contributed by atoms with Crippen molar-refractivity contribution in [3.8, 4) is 0 Å². The van der Waals surface area contributed by atoms with Crippen LogP contribution >= 0.6 is 0 Å². The standard InChI is InChI=1S/C17H14F3N3O2S/c18-17(19,20)16-7-6-14(10-22-16)23-26(24,25)15-11-21-9-13(15)8-12-4-2-1-3-5-12/h1-7,9-11,21,23H,8H2. The van der Waals surface area contributed by atoms with Gasteiger partial charge in [-0.15, -0.1) is 0 Å². The fourth-order valence-electron chi connectivity index (χ4n) is 2.42. The van der Waals surface area contributed by atoms with Crippen LogP contribution < -0.4 is 4.72 Å². The van der Waals surface area contributed by atoms with Crippen LogP contribution in [0.1, 0.15) is 16.8 Å². The molecule has 0 radical (unpaired) electrons. The van der Waals surface area contributed by atoms with E-state index in [1.807, 2.05) is 30.3 Å². The Morgan fingerprint density at radius 1 is 1.04 bits per heavy atom. The molecule has 9 heteroatoms. The van der Waals surface area contributed by atoms with Crippen molar-refractivity contribution in [2.24, 2.45) is 0 Å². The number of pyridine rings is 1. The van der Waals surface area contributed by atoms with E-state index < -0.39 is 21.9 Å². The van der Waals surface area contributed by atoms with Crippen molar-refractivity contribution in [2.75, 3.05) is 4.72 Å². The molecule has 1 aromatic carbocycles. The van der Waals surface area contributed by atoms with E-state index >= 15 is 0 Å².